The van der Waals surface area contributed by atoms with Crippen LogP contribution in [0.4, 0.5) is 0 Å². The van der Waals surface area contributed by atoms with Crippen LogP contribution in [0.15, 0.2) is 12.4 Å². The number of Topliss-reactive ketones (excluding diaryl/α,β-unsaturated/α-hetero) is 1. The van der Waals surface area contributed by atoms with Crippen molar-refractivity contribution in [2.24, 2.45) is 5.92 Å². The number of nitrogens with one attached hydrogen (secondary N) is 2. The van der Waals surface area contributed by atoms with E-state index in [1.807, 2.05) is 20.8 Å². The van der Waals surface area contributed by atoms with Crippen molar-refractivity contribution in [1.82, 2.24) is 20.6 Å². The summed E-state index contributed by atoms with van der Waals surface area (Å²) in [6.07, 6.45) is 5.70. The Labute approximate surface area is 148 Å². The van der Waals surface area contributed by atoms with Gasteiger partial charge in [0.05, 0.1) is 0 Å². The lowest BCUT2D eigenvalue weighted by molar-refractivity contribution is -0.127. The van der Waals surface area contributed by atoms with Crippen molar-refractivity contribution in [2.45, 2.75) is 65.0 Å². The maximum Gasteiger partial charge on any atom is 0.272 e. The molecule has 0 spiro atoms. The first-order valence-corrected chi connectivity index (χ1v) is 8.62. The van der Waals surface area contributed by atoms with Crippen LogP contribution < -0.4 is 10.6 Å². The highest BCUT2D eigenvalue weighted by Crippen LogP contribution is 2.25. The molecule has 2 rings (SSSR count). The zero-order valence-electron chi connectivity index (χ0n) is 15.3. The topological polar surface area (TPSA) is 101 Å². The van der Waals surface area contributed by atoms with Gasteiger partial charge in [-0.2, -0.15) is 0 Å². The summed E-state index contributed by atoms with van der Waals surface area (Å²) in [5.74, 6) is -0.622. The molecule has 1 heterocycles. The van der Waals surface area contributed by atoms with Crippen LogP contribution in [0.3, 0.4) is 0 Å². The van der Waals surface area contributed by atoms with Gasteiger partial charge in [0.25, 0.3) is 5.91 Å². The molecule has 2 N–H and O–H groups in total. The summed E-state index contributed by atoms with van der Waals surface area (Å²) in [5.41, 5.74) is -0.0992. The van der Waals surface area contributed by atoms with E-state index in [2.05, 4.69) is 20.6 Å². The maximum atomic E-state index is 12.4. The van der Waals surface area contributed by atoms with E-state index in [0.717, 1.165) is 25.7 Å². The largest absolute Gasteiger partial charge is 0.351 e. The second-order valence-corrected chi connectivity index (χ2v) is 7.57. The molecule has 0 bridgehead atoms. The molecule has 0 unspecified atom stereocenters. The predicted molar refractivity (Wildman–Crippen MR) is 93.1 cm³/mol. The number of rotatable bonds is 4. The SMILES string of the molecule is CC(=O)c1nccnc1C(=O)N[C@H]1CC[C@@H](C(=O)NC(C)(C)C)CC1. The number of aromatic nitrogens is 2. The minimum absolute atomic E-state index is 0.0170. The van der Waals surface area contributed by atoms with Gasteiger partial charge in [-0.1, -0.05) is 0 Å². The lowest BCUT2D eigenvalue weighted by Gasteiger charge is -2.30. The second-order valence-electron chi connectivity index (χ2n) is 7.57. The molecule has 1 fully saturated rings. The summed E-state index contributed by atoms with van der Waals surface area (Å²) in [5, 5.41) is 5.92. The van der Waals surface area contributed by atoms with Crippen molar-refractivity contribution in [3.8, 4) is 0 Å². The van der Waals surface area contributed by atoms with E-state index in [-0.39, 0.29) is 46.5 Å². The molecule has 0 saturated heterocycles. The summed E-state index contributed by atoms with van der Waals surface area (Å²) in [4.78, 5) is 44.1. The standard InChI is InChI=1S/C18H26N4O3/c1-11(23)14-15(20-10-9-19-14)17(25)21-13-7-5-12(6-8-13)16(24)22-18(2,3)4/h9-10,12-13H,5-8H2,1-4H3,(H,21,25)(H,22,24)/t12-,13+. The van der Waals surface area contributed by atoms with Gasteiger partial charge in [-0.3, -0.25) is 14.4 Å². The lowest BCUT2D eigenvalue weighted by Crippen LogP contribution is -2.46. The zero-order chi connectivity index (χ0) is 18.6. The van der Waals surface area contributed by atoms with Crippen molar-refractivity contribution in [3.05, 3.63) is 23.8 Å². The van der Waals surface area contributed by atoms with E-state index in [9.17, 15) is 14.4 Å². The van der Waals surface area contributed by atoms with E-state index < -0.39 is 0 Å². The number of nitrogens with zero attached hydrogens (tertiary/aromatic N) is 2. The van der Waals surface area contributed by atoms with E-state index in [4.69, 9.17) is 0 Å². The number of carbonyl (C=O) groups is 3. The normalized spacial score (nSPS) is 20.6. The average Bonchev–Trinajstić information content (AvgIpc) is 2.53. The third-order valence-electron chi connectivity index (χ3n) is 4.18. The molecule has 25 heavy (non-hydrogen) atoms. The van der Waals surface area contributed by atoms with Gasteiger partial charge in [-0.25, -0.2) is 9.97 Å². The Kier molecular flexibility index (Phi) is 5.87. The Morgan fingerprint density at radius 2 is 1.56 bits per heavy atom. The van der Waals surface area contributed by atoms with Gasteiger partial charge in [0.1, 0.15) is 5.69 Å². The molecular formula is C18H26N4O3. The van der Waals surface area contributed by atoms with Crippen molar-refractivity contribution >= 4 is 17.6 Å². The van der Waals surface area contributed by atoms with Crippen molar-refractivity contribution in [1.29, 1.82) is 0 Å². The smallest absolute Gasteiger partial charge is 0.272 e. The fourth-order valence-corrected chi connectivity index (χ4v) is 2.99. The fraction of sp³-hybridized carbons (Fsp3) is 0.611. The molecule has 0 atom stereocenters. The van der Waals surface area contributed by atoms with Crippen molar-refractivity contribution in [3.63, 3.8) is 0 Å². The van der Waals surface area contributed by atoms with E-state index in [1.165, 1.54) is 19.3 Å². The van der Waals surface area contributed by atoms with E-state index in [1.54, 1.807) is 0 Å². The summed E-state index contributed by atoms with van der Waals surface area (Å²) < 4.78 is 0. The molecule has 2 amide bonds. The first-order chi connectivity index (χ1) is 11.7. The third kappa shape index (κ3) is 5.34. The molecule has 7 nitrogen and oxygen atoms in total. The highest BCUT2D eigenvalue weighted by atomic mass is 16.2. The molecule has 1 aliphatic rings. The number of hydrogen-bond acceptors (Lipinski definition) is 5. The summed E-state index contributed by atoms with van der Waals surface area (Å²) in [6.45, 7) is 7.25. The van der Waals surface area contributed by atoms with Gasteiger partial charge in [0.15, 0.2) is 11.5 Å². The minimum atomic E-state index is -0.388. The number of ketones is 1. The van der Waals surface area contributed by atoms with Crippen LogP contribution in [-0.2, 0) is 4.79 Å². The van der Waals surface area contributed by atoms with E-state index in [0.29, 0.717) is 0 Å². The van der Waals surface area contributed by atoms with Crippen LogP contribution in [0.25, 0.3) is 0 Å². The van der Waals surface area contributed by atoms with Gasteiger partial charge < -0.3 is 10.6 Å². The predicted octanol–water partition coefficient (Wildman–Crippen LogP) is 1.88. The fourth-order valence-electron chi connectivity index (χ4n) is 2.99. The molecule has 1 aromatic heterocycles. The van der Waals surface area contributed by atoms with Crippen molar-refractivity contribution < 1.29 is 14.4 Å². The minimum Gasteiger partial charge on any atom is -0.351 e. The Balaban J connectivity index is 1.91. The molecule has 0 aliphatic heterocycles. The first kappa shape index (κ1) is 19.0. The van der Waals surface area contributed by atoms with E-state index >= 15 is 0 Å². The summed E-state index contributed by atoms with van der Waals surface area (Å²) >= 11 is 0. The van der Waals surface area contributed by atoms with Gasteiger partial charge in [-0.15, -0.1) is 0 Å². The Hall–Kier alpha value is -2.31. The molecular weight excluding hydrogens is 320 g/mol. The Morgan fingerprint density at radius 1 is 1.00 bits per heavy atom. The summed E-state index contributed by atoms with van der Waals surface area (Å²) in [7, 11) is 0. The van der Waals surface area contributed by atoms with Gasteiger partial charge >= 0.3 is 0 Å². The van der Waals surface area contributed by atoms with Crippen LogP contribution in [0.1, 0.15) is 74.4 Å². The van der Waals surface area contributed by atoms with Gasteiger partial charge in [0.2, 0.25) is 5.91 Å². The zero-order valence-corrected chi connectivity index (χ0v) is 15.3. The molecule has 1 saturated carbocycles. The van der Waals surface area contributed by atoms with Gasteiger partial charge in [-0.05, 0) is 46.5 Å². The summed E-state index contributed by atoms with van der Waals surface area (Å²) in [6, 6.07) is -0.0204. The molecule has 7 heteroatoms. The number of amides is 2. The van der Waals surface area contributed by atoms with Crippen molar-refractivity contribution in [2.75, 3.05) is 0 Å². The molecule has 0 aromatic carbocycles. The average molecular weight is 346 g/mol. The second kappa shape index (κ2) is 7.72. The monoisotopic (exact) mass is 346 g/mol. The first-order valence-electron chi connectivity index (χ1n) is 8.62. The number of carbonyl (C=O) groups excluding carboxylic acids is 3. The van der Waals surface area contributed by atoms with Crippen LogP contribution in [0, 0.1) is 5.92 Å². The maximum absolute atomic E-state index is 12.4. The van der Waals surface area contributed by atoms with Crippen LogP contribution in [-0.4, -0.2) is 39.1 Å². The highest BCUT2D eigenvalue weighted by molar-refractivity contribution is 6.04. The lowest BCUT2D eigenvalue weighted by atomic mass is 9.85. The number of hydrogen-bond donors (Lipinski definition) is 2. The Morgan fingerprint density at radius 3 is 2.08 bits per heavy atom. The molecule has 136 valence electrons. The van der Waals surface area contributed by atoms with Crippen LogP contribution in [0.5, 0.6) is 0 Å². The molecule has 0 radical (unpaired) electrons. The Bertz CT molecular complexity index is 659. The third-order valence-corrected chi connectivity index (χ3v) is 4.18. The molecule has 1 aromatic rings. The van der Waals surface area contributed by atoms with Crippen LogP contribution >= 0.6 is 0 Å². The van der Waals surface area contributed by atoms with Gasteiger partial charge in [0, 0.05) is 36.8 Å². The quantitative estimate of drug-likeness (QED) is 0.811. The van der Waals surface area contributed by atoms with Crippen LogP contribution in [0.2, 0.25) is 0 Å². The highest BCUT2D eigenvalue weighted by Gasteiger charge is 2.29. The molecule has 1 aliphatic carbocycles.